The zero-order valence-corrected chi connectivity index (χ0v) is 20.1. The van der Waals surface area contributed by atoms with Gasteiger partial charge in [-0.05, 0) is 42.8 Å². The number of likely N-dealkylation sites (tertiary alicyclic amines) is 1. The lowest BCUT2D eigenvalue weighted by molar-refractivity contribution is -0.128. The molecule has 0 aliphatic carbocycles. The number of hydrogen-bond donors (Lipinski definition) is 1. The number of furan rings is 1. The normalized spacial score (nSPS) is 18.9. The smallest absolute Gasteiger partial charge is 0.289 e. The van der Waals surface area contributed by atoms with Crippen molar-refractivity contribution in [3.05, 3.63) is 89.6 Å². The van der Waals surface area contributed by atoms with E-state index in [0.717, 1.165) is 11.3 Å². The number of carbonyl (C=O) groups is 3. The van der Waals surface area contributed by atoms with E-state index in [4.69, 9.17) is 9.15 Å². The Morgan fingerprint density at radius 3 is 2.50 bits per heavy atom. The molecule has 2 aliphatic rings. The third-order valence-corrected chi connectivity index (χ3v) is 6.89. The van der Waals surface area contributed by atoms with Crippen LogP contribution in [0.5, 0.6) is 0 Å². The van der Waals surface area contributed by atoms with Gasteiger partial charge in [-0.1, -0.05) is 24.3 Å². The van der Waals surface area contributed by atoms with Crippen LogP contribution in [0.25, 0.3) is 0 Å². The molecule has 9 nitrogen and oxygen atoms in total. The lowest BCUT2D eigenvalue weighted by Crippen LogP contribution is -2.59. The number of aromatic nitrogens is 1. The second kappa shape index (κ2) is 9.94. The molecule has 1 N–H and O–H groups in total. The Labute approximate surface area is 209 Å². The summed E-state index contributed by atoms with van der Waals surface area (Å²) in [6.45, 7) is 2.95. The van der Waals surface area contributed by atoms with Crippen molar-refractivity contribution in [1.29, 1.82) is 0 Å². The first-order valence-electron chi connectivity index (χ1n) is 12.0. The molecule has 1 unspecified atom stereocenters. The number of nitrogens with one attached hydrogen (secondary N) is 1. The summed E-state index contributed by atoms with van der Waals surface area (Å²) in [4.78, 5) is 47.5. The Morgan fingerprint density at radius 1 is 1.03 bits per heavy atom. The maximum absolute atomic E-state index is 13.9. The van der Waals surface area contributed by atoms with Crippen LogP contribution in [0.15, 0.2) is 71.5 Å². The van der Waals surface area contributed by atoms with E-state index in [1.54, 1.807) is 34.2 Å². The molecule has 1 atom stereocenters. The first-order chi connectivity index (χ1) is 17.5. The van der Waals surface area contributed by atoms with Crippen molar-refractivity contribution in [3.8, 4) is 0 Å². The molecule has 0 saturated carbocycles. The number of benzene rings is 1. The van der Waals surface area contributed by atoms with Crippen molar-refractivity contribution in [3.63, 3.8) is 0 Å². The molecule has 2 fully saturated rings. The van der Waals surface area contributed by atoms with Crippen molar-refractivity contribution < 1.29 is 23.5 Å². The molecule has 5 rings (SSSR count). The van der Waals surface area contributed by atoms with Gasteiger partial charge in [0, 0.05) is 37.7 Å². The Morgan fingerprint density at radius 2 is 1.81 bits per heavy atom. The van der Waals surface area contributed by atoms with E-state index in [1.165, 1.54) is 6.26 Å². The topological polar surface area (TPSA) is 105 Å². The molecule has 3 amide bonds. The monoisotopic (exact) mass is 488 g/mol. The van der Waals surface area contributed by atoms with E-state index in [2.05, 4.69) is 10.3 Å². The first kappa shape index (κ1) is 23.7. The van der Waals surface area contributed by atoms with E-state index < -0.39 is 11.8 Å². The quantitative estimate of drug-likeness (QED) is 0.592. The number of piperidine rings is 1. The van der Waals surface area contributed by atoms with Crippen LogP contribution in [0, 0.1) is 6.92 Å². The van der Waals surface area contributed by atoms with Crippen molar-refractivity contribution in [2.75, 3.05) is 19.7 Å². The summed E-state index contributed by atoms with van der Waals surface area (Å²) in [6, 6.07) is 15.3. The molecule has 2 aromatic heterocycles. The van der Waals surface area contributed by atoms with Crippen LogP contribution in [-0.2, 0) is 16.1 Å². The average Bonchev–Trinajstić information content (AvgIpc) is 3.57. The van der Waals surface area contributed by atoms with Crippen molar-refractivity contribution >= 4 is 17.7 Å². The first-order valence-corrected chi connectivity index (χ1v) is 12.0. The highest BCUT2D eigenvalue weighted by Crippen LogP contribution is 2.39. The minimum absolute atomic E-state index is 0.0812. The fourth-order valence-corrected chi connectivity index (χ4v) is 4.92. The molecule has 186 valence electrons. The van der Waals surface area contributed by atoms with Crippen molar-refractivity contribution in [2.24, 2.45) is 0 Å². The van der Waals surface area contributed by atoms with Gasteiger partial charge in [0.05, 0.1) is 25.1 Å². The van der Waals surface area contributed by atoms with Gasteiger partial charge in [0.2, 0.25) is 5.91 Å². The van der Waals surface area contributed by atoms with Gasteiger partial charge in [0.15, 0.2) is 5.76 Å². The van der Waals surface area contributed by atoms with E-state index >= 15 is 0 Å². The van der Waals surface area contributed by atoms with E-state index in [9.17, 15) is 14.4 Å². The van der Waals surface area contributed by atoms with Crippen LogP contribution >= 0.6 is 0 Å². The minimum Gasteiger partial charge on any atom is -0.459 e. The van der Waals surface area contributed by atoms with Crippen LogP contribution in [-0.4, -0.2) is 64.0 Å². The van der Waals surface area contributed by atoms with Gasteiger partial charge >= 0.3 is 0 Å². The maximum atomic E-state index is 13.9. The standard InChI is InChI=1S/C27H28N4O5/c1-19-7-2-3-9-21(19)25(33)31-22(24(32)29-17-20-8-4-5-13-28-20)18-36-27(31)11-14-30(15-12-27)26(34)23-10-6-16-35-23/h2-10,13,16,22H,11-12,14-15,17-18H2,1H3,(H,29,32). The summed E-state index contributed by atoms with van der Waals surface area (Å²) in [7, 11) is 0. The number of nitrogens with zero attached hydrogens (tertiary/aromatic N) is 3. The lowest BCUT2D eigenvalue weighted by Gasteiger charge is -2.44. The number of ether oxygens (including phenoxy) is 1. The summed E-state index contributed by atoms with van der Waals surface area (Å²) in [6.07, 6.45) is 3.92. The summed E-state index contributed by atoms with van der Waals surface area (Å²) < 4.78 is 11.5. The summed E-state index contributed by atoms with van der Waals surface area (Å²) in [5.41, 5.74) is 1.09. The fourth-order valence-electron chi connectivity index (χ4n) is 4.92. The highest BCUT2D eigenvalue weighted by molar-refractivity contribution is 5.99. The van der Waals surface area contributed by atoms with Gasteiger partial charge in [-0.15, -0.1) is 0 Å². The van der Waals surface area contributed by atoms with Crippen LogP contribution in [0.1, 0.15) is 45.0 Å². The molecule has 3 aromatic rings. The Bertz CT molecular complexity index is 1240. The van der Waals surface area contributed by atoms with Gasteiger partial charge in [-0.2, -0.15) is 0 Å². The van der Waals surface area contributed by atoms with E-state index in [0.29, 0.717) is 31.5 Å². The molecular formula is C27H28N4O5. The average molecular weight is 489 g/mol. The predicted molar refractivity (Wildman–Crippen MR) is 130 cm³/mol. The molecule has 2 saturated heterocycles. The van der Waals surface area contributed by atoms with Crippen LogP contribution < -0.4 is 5.32 Å². The van der Waals surface area contributed by atoms with Gasteiger partial charge in [0.25, 0.3) is 11.8 Å². The summed E-state index contributed by atoms with van der Waals surface area (Å²) in [5, 5.41) is 2.91. The molecule has 1 aromatic carbocycles. The van der Waals surface area contributed by atoms with Gasteiger partial charge in [-0.3, -0.25) is 24.3 Å². The molecule has 0 radical (unpaired) electrons. The molecule has 4 heterocycles. The number of rotatable bonds is 5. The maximum Gasteiger partial charge on any atom is 0.289 e. The van der Waals surface area contributed by atoms with Crippen LogP contribution in [0.2, 0.25) is 0 Å². The molecule has 2 aliphatic heterocycles. The molecule has 1 spiro atoms. The second-order valence-corrected chi connectivity index (χ2v) is 9.07. The molecular weight excluding hydrogens is 460 g/mol. The van der Waals surface area contributed by atoms with Gasteiger partial charge in [-0.25, -0.2) is 0 Å². The predicted octanol–water partition coefficient (Wildman–Crippen LogP) is 2.77. The van der Waals surface area contributed by atoms with Gasteiger partial charge < -0.3 is 19.4 Å². The lowest BCUT2D eigenvalue weighted by atomic mass is 9.95. The number of pyridine rings is 1. The highest BCUT2D eigenvalue weighted by Gasteiger charge is 2.54. The highest BCUT2D eigenvalue weighted by atomic mass is 16.5. The largest absolute Gasteiger partial charge is 0.459 e. The van der Waals surface area contributed by atoms with E-state index in [1.807, 2.05) is 43.3 Å². The third kappa shape index (κ3) is 4.49. The SMILES string of the molecule is Cc1ccccc1C(=O)N1C(C(=O)NCc2ccccn2)COC12CCN(C(=O)c1ccco1)CC2. The molecule has 0 bridgehead atoms. The number of amides is 3. The molecule has 9 heteroatoms. The molecule has 36 heavy (non-hydrogen) atoms. The Kier molecular flexibility index (Phi) is 6.56. The van der Waals surface area contributed by atoms with E-state index in [-0.39, 0.29) is 36.6 Å². The van der Waals surface area contributed by atoms with Crippen molar-refractivity contribution in [1.82, 2.24) is 20.1 Å². The number of hydrogen-bond acceptors (Lipinski definition) is 6. The third-order valence-electron chi connectivity index (χ3n) is 6.89. The summed E-state index contributed by atoms with van der Waals surface area (Å²) >= 11 is 0. The Balaban J connectivity index is 1.38. The zero-order chi connectivity index (χ0) is 25.1. The fraction of sp³-hybridized carbons (Fsp3) is 0.333. The summed E-state index contributed by atoms with van der Waals surface area (Å²) in [5.74, 6) is -0.477. The number of carbonyl (C=O) groups excluding carboxylic acids is 3. The second-order valence-electron chi connectivity index (χ2n) is 9.07. The van der Waals surface area contributed by atoms with Crippen molar-refractivity contribution in [2.45, 2.75) is 38.1 Å². The minimum atomic E-state index is -0.980. The van der Waals surface area contributed by atoms with Crippen LogP contribution in [0.3, 0.4) is 0 Å². The Hall–Kier alpha value is -3.98. The van der Waals surface area contributed by atoms with Gasteiger partial charge in [0.1, 0.15) is 11.8 Å². The number of aryl methyl sites for hydroxylation is 1. The zero-order valence-electron chi connectivity index (χ0n) is 20.1. The van der Waals surface area contributed by atoms with Crippen LogP contribution in [0.4, 0.5) is 0 Å².